The highest BCUT2D eigenvalue weighted by Crippen LogP contribution is 2.25. The highest BCUT2D eigenvalue weighted by Gasteiger charge is 2.25. The van der Waals surface area contributed by atoms with Crippen molar-refractivity contribution >= 4 is 5.82 Å². The molecule has 2 rings (SSSR count). The van der Waals surface area contributed by atoms with Gasteiger partial charge in [-0.2, -0.15) is 4.98 Å². The Morgan fingerprint density at radius 2 is 2.10 bits per heavy atom. The van der Waals surface area contributed by atoms with Crippen molar-refractivity contribution in [3.8, 4) is 5.88 Å². The molecule has 1 aliphatic heterocycles. The minimum atomic E-state index is 0.141. The van der Waals surface area contributed by atoms with Crippen LogP contribution in [0.15, 0.2) is 6.07 Å². The van der Waals surface area contributed by atoms with E-state index in [0.717, 1.165) is 24.7 Å². The van der Waals surface area contributed by atoms with Crippen molar-refractivity contribution in [2.24, 2.45) is 0 Å². The fourth-order valence-electron chi connectivity index (χ4n) is 2.72. The van der Waals surface area contributed by atoms with Crippen LogP contribution in [0.25, 0.3) is 0 Å². The molecule has 1 unspecified atom stereocenters. The quantitative estimate of drug-likeness (QED) is 0.924. The Morgan fingerprint density at radius 3 is 2.76 bits per heavy atom. The molecule has 118 valence electrons. The van der Waals surface area contributed by atoms with Crippen LogP contribution in [0.2, 0.25) is 0 Å². The van der Waals surface area contributed by atoms with Crippen LogP contribution in [0.5, 0.6) is 5.88 Å². The first kappa shape index (κ1) is 16.0. The molecule has 2 heterocycles. The molecule has 21 heavy (non-hydrogen) atoms. The maximum Gasteiger partial charge on any atom is 0.218 e. The lowest BCUT2D eigenvalue weighted by Crippen LogP contribution is -2.50. The maximum absolute atomic E-state index is 5.28. The van der Waals surface area contributed by atoms with Gasteiger partial charge in [0, 0.05) is 30.7 Å². The van der Waals surface area contributed by atoms with Crippen molar-refractivity contribution in [1.82, 2.24) is 15.3 Å². The van der Waals surface area contributed by atoms with Crippen molar-refractivity contribution in [2.45, 2.75) is 58.5 Å². The summed E-state index contributed by atoms with van der Waals surface area (Å²) in [5.74, 6) is 2.39. The van der Waals surface area contributed by atoms with Crippen molar-refractivity contribution in [3.05, 3.63) is 11.9 Å². The number of anilines is 1. The zero-order valence-electron chi connectivity index (χ0n) is 13.9. The van der Waals surface area contributed by atoms with Crippen LogP contribution < -0.4 is 15.0 Å². The third kappa shape index (κ3) is 4.56. The second-order valence-electron chi connectivity index (χ2n) is 6.79. The summed E-state index contributed by atoms with van der Waals surface area (Å²) in [6, 6.07) is 2.43. The number of aryl methyl sites for hydroxylation is 1. The molecule has 1 N–H and O–H groups in total. The number of nitrogens with zero attached hydrogens (tertiary/aromatic N) is 3. The molecule has 1 aliphatic rings. The summed E-state index contributed by atoms with van der Waals surface area (Å²) in [7, 11) is 1.65. The lowest BCUT2D eigenvalue weighted by Gasteiger charge is -2.38. The van der Waals surface area contributed by atoms with Crippen LogP contribution in [0.4, 0.5) is 5.82 Å². The van der Waals surface area contributed by atoms with Crippen LogP contribution in [0.3, 0.4) is 0 Å². The van der Waals surface area contributed by atoms with Gasteiger partial charge in [0.15, 0.2) is 0 Å². The van der Waals surface area contributed by atoms with Gasteiger partial charge < -0.3 is 15.0 Å². The first-order valence-electron chi connectivity index (χ1n) is 7.80. The predicted molar refractivity (Wildman–Crippen MR) is 86.1 cm³/mol. The van der Waals surface area contributed by atoms with Crippen LogP contribution in [-0.2, 0) is 0 Å². The average Bonchev–Trinajstić information content (AvgIpc) is 2.44. The van der Waals surface area contributed by atoms with E-state index in [2.05, 4.69) is 41.0 Å². The van der Waals surface area contributed by atoms with E-state index in [0.29, 0.717) is 11.9 Å². The largest absolute Gasteiger partial charge is 0.481 e. The molecule has 0 radical (unpaired) electrons. The van der Waals surface area contributed by atoms with Crippen molar-refractivity contribution in [3.63, 3.8) is 0 Å². The number of aromatic nitrogens is 2. The van der Waals surface area contributed by atoms with Gasteiger partial charge in [0.1, 0.15) is 11.6 Å². The van der Waals surface area contributed by atoms with E-state index in [9.17, 15) is 0 Å². The summed E-state index contributed by atoms with van der Waals surface area (Å²) in [6.45, 7) is 10.6. The molecule has 0 saturated carbocycles. The van der Waals surface area contributed by atoms with E-state index < -0.39 is 0 Å². The van der Waals surface area contributed by atoms with Crippen LogP contribution in [0, 0.1) is 6.92 Å². The topological polar surface area (TPSA) is 50.3 Å². The van der Waals surface area contributed by atoms with Gasteiger partial charge in [-0.1, -0.05) is 0 Å². The number of hydrogen-bond acceptors (Lipinski definition) is 5. The van der Waals surface area contributed by atoms with E-state index in [1.165, 1.54) is 19.3 Å². The Hall–Kier alpha value is -1.36. The van der Waals surface area contributed by atoms with Gasteiger partial charge in [0.05, 0.1) is 7.11 Å². The number of hydrogen-bond donors (Lipinski definition) is 1. The maximum atomic E-state index is 5.28. The molecular formula is C16H28N4O. The first-order chi connectivity index (χ1) is 9.89. The molecular weight excluding hydrogens is 264 g/mol. The molecule has 0 aliphatic carbocycles. The van der Waals surface area contributed by atoms with Crippen LogP contribution in [-0.4, -0.2) is 41.7 Å². The van der Waals surface area contributed by atoms with E-state index in [-0.39, 0.29) is 5.54 Å². The van der Waals surface area contributed by atoms with Gasteiger partial charge in [-0.25, -0.2) is 4.98 Å². The monoisotopic (exact) mass is 292 g/mol. The Balaban J connectivity index is 2.16. The van der Waals surface area contributed by atoms with Crippen LogP contribution in [0.1, 0.15) is 45.9 Å². The lowest BCUT2D eigenvalue weighted by molar-refractivity contribution is 0.363. The molecule has 0 spiro atoms. The van der Waals surface area contributed by atoms with Crippen LogP contribution >= 0.6 is 0 Å². The van der Waals surface area contributed by atoms with Gasteiger partial charge >= 0.3 is 0 Å². The minimum absolute atomic E-state index is 0.141. The summed E-state index contributed by atoms with van der Waals surface area (Å²) < 4.78 is 5.28. The number of rotatable bonds is 4. The van der Waals surface area contributed by atoms with Crippen molar-refractivity contribution in [2.75, 3.05) is 25.1 Å². The van der Waals surface area contributed by atoms with E-state index >= 15 is 0 Å². The summed E-state index contributed by atoms with van der Waals surface area (Å²) >= 11 is 0. The van der Waals surface area contributed by atoms with Gasteiger partial charge in [0.2, 0.25) is 5.88 Å². The molecule has 5 heteroatoms. The second-order valence-corrected chi connectivity index (χ2v) is 6.79. The average molecular weight is 292 g/mol. The van der Waals surface area contributed by atoms with Crippen molar-refractivity contribution in [1.29, 1.82) is 0 Å². The lowest BCUT2D eigenvalue weighted by atomic mass is 10.0. The number of nitrogens with one attached hydrogen (secondary N) is 1. The van der Waals surface area contributed by atoms with Gasteiger partial charge in [-0.3, -0.25) is 0 Å². The number of piperidine rings is 1. The highest BCUT2D eigenvalue weighted by molar-refractivity contribution is 5.43. The third-order valence-corrected chi connectivity index (χ3v) is 3.80. The third-order valence-electron chi connectivity index (χ3n) is 3.80. The Labute approximate surface area is 128 Å². The molecule has 1 saturated heterocycles. The Morgan fingerprint density at radius 1 is 1.33 bits per heavy atom. The Kier molecular flexibility index (Phi) is 5.04. The summed E-state index contributed by atoms with van der Waals surface area (Å²) in [4.78, 5) is 11.3. The highest BCUT2D eigenvalue weighted by atomic mass is 16.5. The number of methoxy groups -OCH3 is 1. The molecule has 0 aromatic carbocycles. The standard InChI is InChI=1S/C16H28N4O/c1-12-18-14(10-15(19-12)21-5)20-9-7-6-8-13(20)11-17-16(2,3)4/h10,13,17H,6-9,11H2,1-5H3. The van der Waals surface area contributed by atoms with Gasteiger partial charge in [0.25, 0.3) is 0 Å². The van der Waals surface area contributed by atoms with Gasteiger partial charge in [-0.15, -0.1) is 0 Å². The molecule has 1 fully saturated rings. The summed E-state index contributed by atoms with van der Waals surface area (Å²) in [5, 5.41) is 3.62. The molecule has 0 bridgehead atoms. The smallest absolute Gasteiger partial charge is 0.218 e. The predicted octanol–water partition coefficient (Wildman–Crippen LogP) is 2.54. The van der Waals surface area contributed by atoms with E-state index in [1.54, 1.807) is 7.11 Å². The normalized spacial score (nSPS) is 19.7. The van der Waals surface area contributed by atoms with E-state index in [4.69, 9.17) is 4.74 Å². The molecule has 1 aromatic heterocycles. The minimum Gasteiger partial charge on any atom is -0.481 e. The first-order valence-corrected chi connectivity index (χ1v) is 7.80. The fraction of sp³-hybridized carbons (Fsp3) is 0.750. The molecule has 1 atom stereocenters. The molecule has 1 aromatic rings. The molecule has 5 nitrogen and oxygen atoms in total. The summed E-state index contributed by atoms with van der Waals surface area (Å²) in [6.07, 6.45) is 3.71. The molecule has 0 amide bonds. The zero-order chi connectivity index (χ0) is 15.5. The number of ether oxygens (including phenoxy) is 1. The summed E-state index contributed by atoms with van der Waals surface area (Å²) in [5.41, 5.74) is 0.141. The Bertz CT molecular complexity index is 470. The fourth-order valence-corrected chi connectivity index (χ4v) is 2.72. The van der Waals surface area contributed by atoms with Gasteiger partial charge in [-0.05, 0) is 47.0 Å². The van der Waals surface area contributed by atoms with E-state index in [1.807, 2.05) is 13.0 Å². The zero-order valence-corrected chi connectivity index (χ0v) is 13.9. The SMILES string of the molecule is COc1cc(N2CCCCC2CNC(C)(C)C)nc(C)n1. The van der Waals surface area contributed by atoms with Crippen molar-refractivity contribution < 1.29 is 4.74 Å². The second kappa shape index (κ2) is 6.60.